The zero-order valence-electron chi connectivity index (χ0n) is 7.71. The molecule has 0 saturated carbocycles. The summed E-state index contributed by atoms with van der Waals surface area (Å²) in [7, 11) is 1.51. The third-order valence-electron chi connectivity index (χ3n) is 1.58. The maximum atomic E-state index is 7.33. The van der Waals surface area contributed by atoms with Gasteiger partial charge in [0, 0.05) is 7.11 Å². The van der Waals surface area contributed by atoms with Gasteiger partial charge in [0.25, 0.3) is 0 Å². The second-order valence-electron chi connectivity index (χ2n) is 2.58. The summed E-state index contributed by atoms with van der Waals surface area (Å²) in [5.41, 5.74) is 5.76. The van der Waals surface area contributed by atoms with E-state index in [1.165, 1.54) is 7.11 Å². The number of rotatable bonds is 4. The molecule has 0 saturated heterocycles. The fraction of sp³-hybridized carbons (Fsp3) is 0.222. The van der Waals surface area contributed by atoms with Gasteiger partial charge in [-0.2, -0.15) is 0 Å². The van der Waals surface area contributed by atoms with Crippen LogP contribution in [-0.4, -0.2) is 19.7 Å². The van der Waals surface area contributed by atoms with Crippen LogP contribution in [0.15, 0.2) is 18.2 Å². The predicted octanol–water partition coefficient (Wildman–Crippen LogP) is 1.61. The van der Waals surface area contributed by atoms with Gasteiger partial charge in [-0.25, -0.2) is 0 Å². The molecule has 4 nitrogen and oxygen atoms in total. The Labute approximate surface area is 87.1 Å². The highest BCUT2D eigenvalue weighted by atomic mass is 35.5. The smallest absolute Gasteiger partial charge is 0.188 e. The molecule has 76 valence electrons. The van der Waals surface area contributed by atoms with Gasteiger partial charge in [0.15, 0.2) is 6.79 Å². The average Bonchev–Trinajstić information content (AvgIpc) is 2.14. The minimum Gasteiger partial charge on any atom is -0.467 e. The number of benzene rings is 1. The minimum atomic E-state index is -0.123. The first-order valence-corrected chi connectivity index (χ1v) is 4.29. The van der Waals surface area contributed by atoms with E-state index in [0.717, 1.165) is 0 Å². The Morgan fingerprint density at radius 1 is 1.57 bits per heavy atom. The largest absolute Gasteiger partial charge is 0.467 e. The number of hydrogen-bond donors (Lipinski definition) is 2. The molecule has 0 amide bonds. The van der Waals surface area contributed by atoms with E-state index in [2.05, 4.69) is 0 Å². The van der Waals surface area contributed by atoms with Gasteiger partial charge in [-0.1, -0.05) is 17.7 Å². The lowest BCUT2D eigenvalue weighted by Gasteiger charge is -2.10. The van der Waals surface area contributed by atoms with Crippen molar-refractivity contribution in [3.8, 4) is 5.75 Å². The molecule has 0 spiro atoms. The summed E-state index contributed by atoms with van der Waals surface area (Å²) in [5, 5.41) is 7.72. The molecule has 5 heteroatoms. The van der Waals surface area contributed by atoms with Gasteiger partial charge in [0.1, 0.15) is 11.6 Å². The fourth-order valence-electron chi connectivity index (χ4n) is 1.01. The van der Waals surface area contributed by atoms with E-state index in [4.69, 9.17) is 32.2 Å². The number of hydrogen-bond acceptors (Lipinski definition) is 3. The van der Waals surface area contributed by atoms with E-state index in [0.29, 0.717) is 16.3 Å². The summed E-state index contributed by atoms with van der Waals surface area (Å²) in [6.07, 6.45) is 0. The van der Waals surface area contributed by atoms with Crippen molar-refractivity contribution in [1.29, 1.82) is 5.41 Å². The van der Waals surface area contributed by atoms with Gasteiger partial charge in [-0.3, -0.25) is 5.41 Å². The number of nitrogen functional groups attached to an aromatic ring is 1. The first kappa shape index (κ1) is 10.8. The molecule has 0 fully saturated rings. The van der Waals surface area contributed by atoms with Crippen molar-refractivity contribution < 1.29 is 9.47 Å². The Bertz CT molecular complexity index is 342. The Morgan fingerprint density at radius 3 is 2.86 bits per heavy atom. The number of nitrogens with one attached hydrogen (secondary N) is 1. The highest BCUT2D eigenvalue weighted by Gasteiger charge is 2.10. The molecule has 3 N–H and O–H groups in total. The van der Waals surface area contributed by atoms with Crippen LogP contribution in [-0.2, 0) is 4.74 Å². The summed E-state index contributed by atoms with van der Waals surface area (Å²) in [6.45, 7) is 0.0978. The molecule has 1 rings (SSSR count). The molecule has 0 atom stereocenters. The zero-order chi connectivity index (χ0) is 10.6. The lowest BCUT2D eigenvalue weighted by Crippen LogP contribution is -2.14. The quantitative estimate of drug-likeness (QED) is 0.455. The highest BCUT2D eigenvalue weighted by Crippen LogP contribution is 2.25. The molecule has 14 heavy (non-hydrogen) atoms. The molecule has 0 aromatic heterocycles. The van der Waals surface area contributed by atoms with Crippen LogP contribution < -0.4 is 10.5 Å². The normalized spacial score (nSPS) is 9.86. The Balaban J connectivity index is 3.02. The van der Waals surface area contributed by atoms with Gasteiger partial charge < -0.3 is 15.2 Å². The van der Waals surface area contributed by atoms with E-state index in [1.54, 1.807) is 18.2 Å². The maximum Gasteiger partial charge on any atom is 0.188 e. The molecule has 1 aromatic carbocycles. The van der Waals surface area contributed by atoms with Crippen molar-refractivity contribution in [2.45, 2.75) is 0 Å². The number of nitrogens with two attached hydrogens (primary N) is 1. The molecule has 0 radical (unpaired) electrons. The van der Waals surface area contributed by atoms with Gasteiger partial charge in [-0.05, 0) is 12.1 Å². The summed E-state index contributed by atoms with van der Waals surface area (Å²) >= 11 is 5.86. The van der Waals surface area contributed by atoms with Crippen molar-refractivity contribution in [2.24, 2.45) is 5.73 Å². The van der Waals surface area contributed by atoms with E-state index in [-0.39, 0.29) is 12.6 Å². The average molecular weight is 215 g/mol. The zero-order valence-corrected chi connectivity index (χ0v) is 8.47. The molecule has 0 bridgehead atoms. The van der Waals surface area contributed by atoms with Gasteiger partial charge >= 0.3 is 0 Å². The van der Waals surface area contributed by atoms with Crippen LogP contribution in [0.2, 0.25) is 5.02 Å². The summed E-state index contributed by atoms with van der Waals surface area (Å²) < 4.78 is 9.94. The van der Waals surface area contributed by atoms with Crippen molar-refractivity contribution in [2.75, 3.05) is 13.9 Å². The van der Waals surface area contributed by atoms with Crippen LogP contribution >= 0.6 is 11.6 Å². The maximum absolute atomic E-state index is 7.33. The molecular weight excluding hydrogens is 204 g/mol. The molecule has 0 aliphatic heterocycles. The first-order valence-electron chi connectivity index (χ1n) is 3.91. The Morgan fingerprint density at radius 2 is 2.29 bits per heavy atom. The molecule has 0 aliphatic carbocycles. The van der Waals surface area contributed by atoms with E-state index >= 15 is 0 Å². The fourth-order valence-corrected chi connectivity index (χ4v) is 1.28. The van der Waals surface area contributed by atoms with E-state index < -0.39 is 0 Å². The molecule has 0 aliphatic rings. The van der Waals surface area contributed by atoms with Crippen LogP contribution in [0.3, 0.4) is 0 Å². The van der Waals surface area contributed by atoms with Crippen molar-refractivity contribution in [3.05, 3.63) is 28.8 Å². The summed E-state index contributed by atoms with van der Waals surface area (Å²) in [6, 6.07) is 5.05. The van der Waals surface area contributed by atoms with Crippen LogP contribution in [0.4, 0.5) is 0 Å². The molecule has 0 unspecified atom stereocenters. The Kier molecular flexibility index (Phi) is 3.73. The summed E-state index contributed by atoms with van der Waals surface area (Å²) in [4.78, 5) is 0. The number of halogens is 1. The lowest BCUT2D eigenvalue weighted by molar-refractivity contribution is 0.0510. The predicted molar refractivity (Wildman–Crippen MR) is 55.0 cm³/mol. The van der Waals surface area contributed by atoms with E-state index in [1.807, 2.05) is 0 Å². The number of ether oxygens (including phenoxy) is 2. The van der Waals surface area contributed by atoms with E-state index in [9.17, 15) is 0 Å². The number of amidine groups is 1. The second-order valence-corrected chi connectivity index (χ2v) is 2.98. The highest BCUT2D eigenvalue weighted by molar-refractivity contribution is 6.34. The third-order valence-corrected chi connectivity index (χ3v) is 1.89. The lowest BCUT2D eigenvalue weighted by atomic mass is 10.2. The van der Waals surface area contributed by atoms with Crippen LogP contribution in [0.5, 0.6) is 5.75 Å². The van der Waals surface area contributed by atoms with Crippen molar-refractivity contribution >= 4 is 17.4 Å². The standard InChI is InChI=1S/C9H11ClN2O2/c1-13-5-14-7-4-2-3-6(10)8(7)9(11)12/h2-4H,5H2,1H3,(H3,11,12). The van der Waals surface area contributed by atoms with Gasteiger partial charge in [0.05, 0.1) is 10.6 Å². The first-order chi connectivity index (χ1) is 6.66. The van der Waals surface area contributed by atoms with Crippen LogP contribution in [0, 0.1) is 5.41 Å². The minimum absolute atomic E-state index is 0.0978. The molecule has 0 heterocycles. The monoisotopic (exact) mass is 214 g/mol. The SMILES string of the molecule is COCOc1cccc(Cl)c1C(=N)N. The van der Waals surface area contributed by atoms with Gasteiger partial charge in [0.2, 0.25) is 0 Å². The van der Waals surface area contributed by atoms with Gasteiger partial charge in [-0.15, -0.1) is 0 Å². The Hall–Kier alpha value is -1.26. The topological polar surface area (TPSA) is 68.3 Å². The molecule has 1 aromatic rings. The number of methoxy groups -OCH3 is 1. The summed E-state index contributed by atoms with van der Waals surface area (Å²) in [5.74, 6) is 0.327. The van der Waals surface area contributed by atoms with Crippen molar-refractivity contribution in [3.63, 3.8) is 0 Å². The second kappa shape index (κ2) is 4.83. The van der Waals surface area contributed by atoms with Crippen molar-refractivity contribution in [1.82, 2.24) is 0 Å². The van der Waals surface area contributed by atoms with Crippen LogP contribution in [0.25, 0.3) is 0 Å². The third kappa shape index (κ3) is 2.37. The van der Waals surface area contributed by atoms with Crippen LogP contribution in [0.1, 0.15) is 5.56 Å². The molecular formula is C9H11ClN2O2.